The highest BCUT2D eigenvalue weighted by Gasteiger charge is 2.30. The molecule has 0 saturated carbocycles. The number of nitrogens with zero attached hydrogens (tertiary/aromatic N) is 3. The molecule has 0 saturated heterocycles. The van der Waals surface area contributed by atoms with E-state index in [1.807, 2.05) is 104 Å². The zero-order valence-corrected chi connectivity index (χ0v) is 20.6. The molecule has 3 aromatic rings. The van der Waals surface area contributed by atoms with E-state index in [1.54, 1.807) is 0 Å². The molecule has 0 aliphatic rings. The highest BCUT2D eigenvalue weighted by Crippen LogP contribution is 2.32. The number of hydrogen-bond acceptors (Lipinski definition) is 2. The molecular formula is C29H35N3O. The van der Waals surface area contributed by atoms with E-state index in [-0.39, 0.29) is 11.9 Å². The number of para-hydroxylation sites is 1. The third-order valence-corrected chi connectivity index (χ3v) is 5.93. The zero-order valence-electron chi connectivity index (χ0n) is 20.6. The van der Waals surface area contributed by atoms with Crippen LogP contribution in [0.25, 0.3) is 11.3 Å². The Morgan fingerprint density at radius 1 is 1.03 bits per heavy atom. The van der Waals surface area contributed by atoms with Gasteiger partial charge in [0, 0.05) is 7.05 Å². The molecular weight excluding hydrogens is 406 g/mol. The van der Waals surface area contributed by atoms with Crippen molar-refractivity contribution in [2.45, 2.75) is 47.1 Å². The molecule has 2 aromatic carbocycles. The average molecular weight is 442 g/mol. The highest BCUT2D eigenvalue weighted by molar-refractivity contribution is 6.00. The molecule has 0 fully saturated rings. The van der Waals surface area contributed by atoms with Crippen molar-refractivity contribution in [3.8, 4) is 5.69 Å². The lowest BCUT2D eigenvalue weighted by molar-refractivity contribution is 0.0710. The summed E-state index contributed by atoms with van der Waals surface area (Å²) in [5.74, 6) is 0.440. The van der Waals surface area contributed by atoms with Gasteiger partial charge in [0.25, 0.3) is 5.91 Å². The van der Waals surface area contributed by atoms with Crippen LogP contribution < -0.4 is 0 Å². The summed E-state index contributed by atoms with van der Waals surface area (Å²) in [6.45, 7) is 10.3. The maximum atomic E-state index is 14.1. The van der Waals surface area contributed by atoms with Gasteiger partial charge in [0.05, 0.1) is 23.0 Å². The quantitative estimate of drug-likeness (QED) is 0.352. The second-order valence-electron chi connectivity index (χ2n) is 8.77. The van der Waals surface area contributed by atoms with Gasteiger partial charge >= 0.3 is 0 Å². The number of carbonyl (C=O) groups is 1. The summed E-state index contributed by atoms with van der Waals surface area (Å²) in [6.07, 6.45) is 6.89. The van der Waals surface area contributed by atoms with Crippen molar-refractivity contribution in [1.82, 2.24) is 14.7 Å². The predicted molar refractivity (Wildman–Crippen MR) is 137 cm³/mol. The van der Waals surface area contributed by atoms with Crippen LogP contribution in [-0.2, 0) is 0 Å². The number of rotatable bonds is 8. The molecule has 1 aromatic heterocycles. The average Bonchev–Trinajstić information content (AvgIpc) is 3.17. The molecule has 0 aliphatic carbocycles. The van der Waals surface area contributed by atoms with E-state index >= 15 is 0 Å². The van der Waals surface area contributed by atoms with Gasteiger partial charge in [-0.2, -0.15) is 5.10 Å². The Morgan fingerprint density at radius 2 is 1.64 bits per heavy atom. The fourth-order valence-corrected chi connectivity index (χ4v) is 4.23. The first kappa shape index (κ1) is 24.2. The summed E-state index contributed by atoms with van der Waals surface area (Å²) >= 11 is 0. The second-order valence-corrected chi connectivity index (χ2v) is 8.77. The minimum atomic E-state index is -0.0122. The van der Waals surface area contributed by atoms with E-state index in [0.717, 1.165) is 28.9 Å². The lowest BCUT2D eigenvalue weighted by Gasteiger charge is -2.30. The van der Waals surface area contributed by atoms with Crippen LogP contribution in [0, 0.1) is 12.8 Å². The van der Waals surface area contributed by atoms with Crippen molar-refractivity contribution in [3.05, 3.63) is 101 Å². The second kappa shape index (κ2) is 11.0. The van der Waals surface area contributed by atoms with Gasteiger partial charge in [0.2, 0.25) is 0 Å². The van der Waals surface area contributed by atoms with E-state index in [2.05, 4.69) is 26.0 Å². The molecule has 172 valence electrons. The lowest BCUT2D eigenvalue weighted by Crippen LogP contribution is -2.33. The first-order valence-electron chi connectivity index (χ1n) is 11.7. The first-order chi connectivity index (χ1) is 15.9. The normalized spacial score (nSPS) is 13.0. The molecule has 4 nitrogen and oxygen atoms in total. The van der Waals surface area contributed by atoms with E-state index < -0.39 is 0 Å². The monoisotopic (exact) mass is 441 g/mol. The Bertz CT molecular complexity index is 1120. The Balaban J connectivity index is 2.14. The van der Waals surface area contributed by atoms with Gasteiger partial charge in [-0.3, -0.25) is 4.79 Å². The van der Waals surface area contributed by atoms with Gasteiger partial charge in [-0.05, 0) is 56.4 Å². The molecule has 0 spiro atoms. The number of amides is 1. The van der Waals surface area contributed by atoms with Crippen LogP contribution >= 0.6 is 0 Å². The van der Waals surface area contributed by atoms with Crippen LogP contribution in [0.3, 0.4) is 0 Å². The van der Waals surface area contributed by atoms with E-state index in [9.17, 15) is 4.79 Å². The standard InChI is InChI=1S/C29H35N3O/c1-7-15-23(8-2)28-27(22(5)32(30-28)25-18-13-10-14-19-25)29(33)31(6)26(20-21(3)4)24-16-11-9-12-17-24/h7-19,21,26H,20H2,1-6H3/b15-7-,23-8+. The van der Waals surface area contributed by atoms with Gasteiger partial charge in [0.1, 0.15) is 5.69 Å². The van der Waals surface area contributed by atoms with Crippen LogP contribution in [0.15, 0.2) is 78.9 Å². The van der Waals surface area contributed by atoms with E-state index in [4.69, 9.17) is 5.10 Å². The molecule has 1 atom stereocenters. The first-order valence-corrected chi connectivity index (χ1v) is 11.7. The number of carbonyl (C=O) groups excluding carboxylic acids is 1. The summed E-state index contributed by atoms with van der Waals surface area (Å²) in [5.41, 5.74) is 5.23. The molecule has 0 bridgehead atoms. The van der Waals surface area contributed by atoms with Gasteiger partial charge in [-0.15, -0.1) is 0 Å². The summed E-state index contributed by atoms with van der Waals surface area (Å²) in [6, 6.07) is 20.3. The molecule has 1 amide bonds. The molecule has 0 radical (unpaired) electrons. The van der Waals surface area contributed by atoms with Gasteiger partial charge in [-0.1, -0.05) is 80.6 Å². The lowest BCUT2D eigenvalue weighted by atomic mass is 9.94. The van der Waals surface area contributed by atoms with Gasteiger partial charge in [-0.25, -0.2) is 4.68 Å². The summed E-state index contributed by atoms with van der Waals surface area (Å²) < 4.78 is 1.88. The Kier molecular flexibility index (Phi) is 8.05. The maximum Gasteiger partial charge on any atom is 0.258 e. The molecule has 4 heteroatoms. The van der Waals surface area contributed by atoms with Crippen molar-refractivity contribution in [2.24, 2.45) is 5.92 Å². The minimum Gasteiger partial charge on any atom is -0.335 e. The zero-order chi connectivity index (χ0) is 24.0. The van der Waals surface area contributed by atoms with Crippen LogP contribution in [0.1, 0.15) is 67.5 Å². The van der Waals surface area contributed by atoms with E-state index in [1.165, 1.54) is 0 Å². The number of benzene rings is 2. The minimum absolute atomic E-state index is 0.0111. The highest BCUT2D eigenvalue weighted by atomic mass is 16.2. The molecule has 0 N–H and O–H groups in total. The van der Waals surface area contributed by atoms with Crippen LogP contribution in [0.4, 0.5) is 0 Å². The molecule has 1 heterocycles. The number of allylic oxidation sites excluding steroid dienone is 4. The molecule has 33 heavy (non-hydrogen) atoms. The third-order valence-electron chi connectivity index (χ3n) is 5.93. The summed E-state index contributed by atoms with van der Waals surface area (Å²) in [7, 11) is 1.91. The smallest absolute Gasteiger partial charge is 0.258 e. The largest absolute Gasteiger partial charge is 0.335 e. The maximum absolute atomic E-state index is 14.1. The molecule has 0 aliphatic heterocycles. The summed E-state index contributed by atoms with van der Waals surface area (Å²) in [4.78, 5) is 16.0. The van der Waals surface area contributed by atoms with Crippen molar-refractivity contribution < 1.29 is 4.79 Å². The third kappa shape index (κ3) is 5.33. The Morgan fingerprint density at radius 3 is 2.18 bits per heavy atom. The molecule has 3 rings (SSSR count). The van der Waals surface area contributed by atoms with Crippen molar-refractivity contribution in [3.63, 3.8) is 0 Å². The topological polar surface area (TPSA) is 38.1 Å². The van der Waals surface area contributed by atoms with Crippen LogP contribution in [0.5, 0.6) is 0 Å². The fraction of sp³-hybridized carbons (Fsp3) is 0.310. The molecule has 1 unspecified atom stereocenters. The van der Waals surface area contributed by atoms with Crippen molar-refractivity contribution in [2.75, 3.05) is 7.05 Å². The Labute approximate surface area is 198 Å². The predicted octanol–water partition coefficient (Wildman–Crippen LogP) is 7.02. The van der Waals surface area contributed by atoms with Crippen molar-refractivity contribution in [1.29, 1.82) is 0 Å². The summed E-state index contributed by atoms with van der Waals surface area (Å²) in [5, 5.41) is 4.92. The van der Waals surface area contributed by atoms with Gasteiger partial charge < -0.3 is 4.90 Å². The SMILES string of the molecule is C/C=C\C(=C/C)c1nn(-c2ccccc2)c(C)c1C(=O)N(C)C(CC(C)C)c1ccccc1. The van der Waals surface area contributed by atoms with Crippen LogP contribution in [-0.4, -0.2) is 27.6 Å². The number of aromatic nitrogens is 2. The van der Waals surface area contributed by atoms with Gasteiger partial charge in [0.15, 0.2) is 0 Å². The van der Waals surface area contributed by atoms with E-state index in [0.29, 0.717) is 17.2 Å². The van der Waals surface area contributed by atoms with Crippen molar-refractivity contribution >= 4 is 11.5 Å². The fourth-order valence-electron chi connectivity index (χ4n) is 4.23. The van der Waals surface area contributed by atoms with Crippen LogP contribution in [0.2, 0.25) is 0 Å². The number of hydrogen-bond donors (Lipinski definition) is 0. The Hall–Kier alpha value is -3.40.